The molecule has 0 aromatic heterocycles. The first-order valence-electron chi connectivity index (χ1n) is 6.71. The Hall–Kier alpha value is -1.10. The number of nitrogens with two attached hydrogens (primary N) is 1. The molecule has 2 unspecified atom stereocenters. The second kappa shape index (κ2) is 6.73. The molecule has 2 atom stereocenters. The van der Waals surface area contributed by atoms with E-state index in [-0.39, 0.29) is 29.7 Å². The molecular weight excluding hydrogens is 230 g/mol. The smallest absolute Gasteiger partial charge is 0.227 e. The molecule has 1 aliphatic rings. The first-order valence-corrected chi connectivity index (χ1v) is 6.71. The lowest BCUT2D eigenvalue weighted by molar-refractivity contribution is -0.138. The maximum Gasteiger partial charge on any atom is 0.227 e. The van der Waals surface area contributed by atoms with Crippen molar-refractivity contribution in [1.82, 2.24) is 10.2 Å². The zero-order chi connectivity index (χ0) is 13.7. The third kappa shape index (κ3) is 3.98. The Morgan fingerprint density at radius 3 is 2.61 bits per heavy atom. The maximum atomic E-state index is 12.3. The lowest BCUT2D eigenvalue weighted by Crippen LogP contribution is -2.52. The van der Waals surface area contributed by atoms with Crippen molar-refractivity contribution in [2.24, 2.45) is 17.6 Å². The van der Waals surface area contributed by atoms with E-state index in [4.69, 9.17) is 5.73 Å². The van der Waals surface area contributed by atoms with Crippen LogP contribution in [0.5, 0.6) is 0 Å². The second-order valence-corrected chi connectivity index (χ2v) is 5.41. The van der Waals surface area contributed by atoms with E-state index in [1.54, 1.807) is 0 Å². The summed E-state index contributed by atoms with van der Waals surface area (Å²) in [5.74, 6) is 0.237. The highest BCUT2D eigenvalue weighted by molar-refractivity contribution is 5.79. The van der Waals surface area contributed by atoms with Crippen molar-refractivity contribution in [3.8, 4) is 0 Å². The number of piperidine rings is 1. The highest BCUT2D eigenvalue weighted by Crippen LogP contribution is 2.17. The summed E-state index contributed by atoms with van der Waals surface area (Å²) in [6.45, 7) is 7.32. The van der Waals surface area contributed by atoms with E-state index in [1.807, 2.05) is 18.7 Å². The van der Waals surface area contributed by atoms with Crippen LogP contribution in [-0.2, 0) is 9.59 Å². The lowest BCUT2D eigenvalue weighted by Gasteiger charge is -2.35. The molecule has 1 saturated heterocycles. The molecule has 18 heavy (non-hydrogen) atoms. The first kappa shape index (κ1) is 15.0. The van der Waals surface area contributed by atoms with Gasteiger partial charge in [-0.3, -0.25) is 9.59 Å². The zero-order valence-corrected chi connectivity index (χ0v) is 11.6. The van der Waals surface area contributed by atoms with Crippen LogP contribution < -0.4 is 11.1 Å². The molecule has 1 rings (SSSR count). The van der Waals surface area contributed by atoms with Gasteiger partial charge in [0.2, 0.25) is 11.8 Å². The largest absolute Gasteiger partial charge is 0.352 e. The summed E-state index contributed by atoms with van der Waals surface area (Å²) >= 11 is 0. The summed E-state index contributed by atoms with van der Waals surface area (Å²) in [5.41, 5.74) is 5.68. The van der Waals surface area contributed by atoms with Gasteiger partial charge in [0.15, 0.2) is 0 Å². The molecule has 1 aliphatic heterocycles. The topological polar surface area (TPSA) is 75.4 Å². The number of amides is 2. The van der Waals surface area contributed by atoms with E-state index in [0.29, 0.717) is 13.1 Å². The summed E-state index contributed by atoms with van der Waals surface area (Å²) < 4.78 is 0. The molecule has 0 aliphatic carbocycles. The monoisotopic (exact) mass is 255 g/mol. The highest BCUT2D eigenvalue weighted by atomic mass is 16.2. The van der Waals surface area contributed by atoms with E-state index in [9.17, 15) is 9.59 Å². The molecule has 5 nitrogen and oxygen atoms in total. The van der Waals surface area contributed by atoms with E-state index >= 15 is 0 Å². The van der Waals surface area contributed by atoms with Gasteiger partial charge in [0, 0.05) is 32.6 Å². The van der Waals surface area contributed by atoms with Crippen molar-refractivity contribution in [3.63, 3.8) is 0 Å². The normalized spacial score (nSPS) is 21.8. The van der Waals surface area contributed by atoms with E-state index in [0.717, 1.165) is 19.4 Å². The fraction of sp³-hybridized carbons (Fsp3) is 0.846. The summed E-state index contributed by atoms with van der Waals surface area (Å²) in [6.07, 6.45) is 1.88. The molecule has 0 bridgehead atoms. The average molecular weight is 255 g/mol. The third-order valence-electron chi connectivity index (χ3n) is 3.52. The van der Waals surface area contributed by atoms with Crippen molar-refractivity contribution in [1.29, 1.82) is 0 Å². The van der Waals surface area contributed by atoms with Crippen molar-refractivity contribution < 1.29 is 9.59 Å². The summed E-state index contributed by atoms with van der Waals surface area (Å²) in [6, 6.07) is 0.0887. The summed E-state index contributed by atoms with van der Waals surface area (Å²) in [5, 5.41) is 2.89. The Kier molecular flexibility index (Phi) is 5.59. The van der Waals surface area contributed by atoms with Crippen LogP contribution in [0.1, 0.15) is 33.6 Å². The van der Waals surface area contributed by atoms with Crippen LogP contribution >= 0.6 is 0 Å². The first-order chi connectivity index (χ1) is 8.45. The predicted molar refractivity (Wildman–Crippen MR) is 70.8 cm³/mol. The fourth-order valence-corrected chi connectivity index (χ4v) is 2.48. The minimum Gasteiger partial charge on any atom is -0.352 e. The molecular formula is C13H25N3O2. The Bertz CT molecular complexity index is 305. The highest BCUT2D eigenvalue weighted by Gasteiger charge is 2.29. The number of hydrogen-bond acceptors (Lipinski definition) is 3. The quantitative estimate of drug-likeness (QED) is 0.761. The predicted octanol–water partition coefficient (Wildman–Crippen LogP) is 0.344. The molecule has 0 spiro atoms. The van der Waals surface area contributed by atoms with Gasteiger partial charge in [0.1, 0.15) is 0 Å². The van der Waals surface area contributed by atoms with E-state index < -0.39 is 0 Å². The standard InChI is InChI=1S/C13H25N3O2/c1-9(2)12(7-14)13(18)16-6-4-5-11(8-16)15-10(3)17/h9,11-12H,4-8,14H2,1-3H3,(H,15,17). The zero-order valence-electron chi connectivity index (χ0n) is 11.6. The molecule has 2 amide bonds. The van der Waals surface area contributed by atoms with Gasteiger partial charge in [-0.25, -0.2) is 0 Å². The van der Waals surface area contributed by atoms with Crippen molar-refractivity contribution in [2.75, 3.05) is 19.6 Å². The van der Waals surface area contributed by atoms with Crippen LogP contribution in [0.25, 0.3) is 0 Å². The molecule has 3 N–H and O–H groups in total. The van der Waals surface area contributed by atoms with Crippen LogP contribution in [0.15, 0.2) is 0 Å². The number of likely N-dealkylation sites (tertiary alicyclic amines) is 1. The van der Waals surface area contributed by atoms with Gasteiger partial charge >= 0.3 is 0 Å². The molecule has 0 aromatic rings. The van der Waals surface area contributed by atoms with Crippen molar-refractivity contribution >= 4 is 11.8 Å². The van der Waals surface area contributed by atoms with Crippen molar-refractivity contribution in [2.45, 2.75) is 39.7 Å². The van der Waals surface area contributed by atoms with Crippen LogP contribution in [0.3, 0.4) is 0 Å². The number of hydrogen-bond donors (Lipinski definition) is 2. The average Bonchev–Trinajstić information content (AvgIpc) is 2.28. The van der Waals surface area contributed by atoms with E-state index in [1.165, 1.54) is 6.92 Å². The maximum absolute atomic E-state index is 12.3. The number of rotatable bonds is 4. The van der Waals surface area contributed by atoms with Gasteiger partial charge in [-0.15, -0.1) is 0 Å². The SMILES string of the molecule is CC(=O)NC1CCCN(C(=O)C(CN)C(C)C)C1. The second-order valence-electron chi connectivity index (χ2n) is 5.41. The minimum atomic E-state index is -0.110. The number of nitrogens with zero attached hydrogens (tertiary/aromatic N) is 1. The van der Waals surface area contributed by atoms with E-state index in [2.05, 4.69) is 5.32 Å². The van der Waals surface area contributed by atoms with Gasteiger partial charge in [-0.2, -0.15) is 0 Å². The Labute approximate surface area is 109 Å². The summed E-state index contributed by atoms with van der Waals surface area (Å²) in [7, 11) is 0. The number of carbonyl (C=O) groups excluding carboxylic acids is 2. The molecule has 0 radical (unpaired) electrons. The molecule has 1 fully saturated rings. The third-order valence-corrected chi connectivity index (χ3v) is 3.52. The van der Waals surface area contributed by atoms with Gasteiger partial charge in [0.25, 0.3) is 0 Å². The molecule has 1 heterocycles. The van der Waals surface area contributed by atoms with Gasteiger partial charge in [0.05, 0.1) is 5.92 Å². The molecule has 104 valence electrons. The molecule has 0 saturated carbocycles. The van der Waals surface area contributed by atoms with Crippen LogP contribution in [-0.4, -0.2) is 42.4 Å². The number of carbonyl (C=O) groups is 2. The molecule has 5 heteroatoms. The Morgan fingerprint density at radius 1 is 1.44 bits per heavy atom. The Morgan fingerprint density at radius 2 is 2.11 bits per heavy atom. The Balaban J connectivity index is 2.60. The lowest BCUT2D eigenvalue weighted by atomic mass is 9.93. The summed E-state index contributed by atoms with van der Waals surface area (Å²) in [4.78, 5) is 25.2. The minimum absolute atomic E-state index is 0.0338. The number of nitrogens with one attached hydrogen (secondary N) is 1. The fourth-order valence-electron chi connectivity index (χ4n) is 2.48. The van der Waals surface area contributed by atoms with Gasteiger partial charge in [-0.1, -0.05) is 13.8 Å². The van der Waals surface area contributed by atoms with Crippen molar-refractivity contribution in [3.05, 3.63) is 0 Å². The van der Waals surface area contributed by atoms with Gasteiger partial charge in [-0.05, 0) is 18.8 Å². The van der Waals surface area contributed by atoms with Crippen LogP contribution in [0.2, 0.25) is 0 Å². The van der Waals surface area contributed by atoms with Crippen LogP contribution in [0, 0.1) is 11.8 Å². The van der Waals surface area contributed by atoms with Crippen LogP contribution in [0.4, 0.5) is 0 Å². The van der Waals surface area contributed by atoms with Gasteiger partial charge < -0.3 is 16.0 Å². The molecule has 0 aromatic carbocycles.